The smallest absolute Gasteiger partial charge is 0.214 e. The van der Waals surface area contributed by atoms with Gasteiger partial charge in [0.25, 0.3) is 0 Å². The maximum Gasteiger partial charge on any atom is 4.00 e. The Morgan fingerprint density at radius 1 is 0.714 bits per heavy atom. The van der Waals surface area contributed by atoms with Crippen LogP contribution >= 0.6 is 0 Å². The Morgan fingerprint density at radius 2 is 0.952 bits per heavy atom. The summed E-state index contributed by atoms with van der Waals surface area (Å²) in [5.41, 5.74) is 0. The molecule has 0 radical (unpaired) electrons. The van der Waals surface area contributed by atoms with Crippen molar-refractivity contribution < 1.29 is 39.5 Å². The van der Waals surface area contributed by atoms with Crippen LogP contribution < -0.4 is 0 Å². The second-order valence-corrected chi connectivity index (χ2v) is 3.57. The van der Waals surface area contributed by atoms with Crippen molar-refractivity contribution in [2.24, 2.45) is 0 Å². The summed E-state index contributed by atoms with van der Waals surface area (Å²) >= 11 is 0. The fraction of sp³-hybridized carbons (Fsp3) is 0.500. The van der Waals surface area contributed by atoms with Gasteiger partial charge in [0, 0.05) is 0 Å². The van der Waals surface area contributed by atoms with E-state index in [9.17, 15) is 0 Å². The minimum atomic E-state index is 0. The first-order chi connectivity index (χ1) is 9.74. The average Bonchev–Trinajstić information content (AvgIpc) is 3.16. The molecule has 0 fully saturated rings. The van der Waals surface area contributed by atoms with E-state index in [-0.39, 0.29) is 21.1 Å². The molecule has 0 heterocycles. The first-order valence-electron chi connectivity index (χ1n) is 6.37. The molecule has 0 bridgehead atoms. The topological polar surface area (TPSA) is 59.7 Å². The van der Waals surface area contributed by atoms with Gasteiger partial charge < -0.3 is 4.48 Å². The predicted molar refractivity (Wildman–Crippen MR) is 76.2 cm³/mol. The third-order valence-electron chi connectivity index (χ3n) is 3.24. The molecule has 0 aliphatic carbocycles. The van der Waals surface area contributed by atoms with E-state index in [4.69, 9.17) is 14.0 Å². The van der Waals surface area contributed by atoms with Gasteiger partial charge in [-0.2, -0.15) is 18.2 Å². The van der Waals surface area contributed by atoms with Crippen LogP contribution in [0.1, 0.15) is 27.7 Å². The second-order valence-electron chi connectivity index (χ2n) is 3.57. The Bertz CT molecular complexity index is 252. The molecular weight excluding hydrogens is 350 g/mol. The van der Waals surface area contributed by atoms with Crippen molar-refractivity contribution in [1.29, 1.82) is 0 Å². The molecule has 0 atom stereocenters. The summed E-state index contributed by atoms with van der Waals surface area (Å²) in [4.78, 5) is 0. The molecule has 1 aromatic rings. The van der Waals surface area contributed by atoms with Gasteiger partial charge in [-0.25, -0.2) is 12.1 Å². The predicted octanol–water partition coefficient (Wildman–Crippen LogP) is 3.17. The Morgan fingerprint density at radius 3 is 1.00 bits per heavy atom. The molecule has 0 spiro atoms. The van der Waals surface area contributed by atoms with Crippen molar-refractivity contribution in [3.8, 4) is 0 Å². The Balaban J connectivity index is -0.0000000606. The van der Waals surface area contributed by atoms with Gasteiger partial charge in [0.2, 0.25) is 0 Å². The van der Waals surface area contributed by atoms with E-state index in [2.05, 4.69) is 47.6 Å². The van der Waals surface area contributed by atoms with E-state index in [0.29, 0.717) is 0 Å². The molecule has 21 heavy (non-hydrogen) atoms. The summed E-state index contributed by atoms with van der Waals surface area (Å²) in [6.07, 6.45) is 0. The molecule has 0 aliphatic rings. The van der Waals surface area contributed by atoms with E-state index in [1.165, 1.54) is 30.7 Å². The van der Waals surface area contributed by atoms with Crippen molar-refractivity contribution in [2.75, 3.05) is 26.2 Å². The van der Waals surface area contributed by atoms with Crippen LogP contribution in [0, 0.1) is 20.0 Å². The molecule has 114 valence electrons. The monoisotopic (exact) mass is 377 g/mol. The second kappa shape index (κ2) is 31.6. The number of hydrogen-bond acceptors (Lipinski definition) is 0. The van der Waals surface area contributed by atoms with Crippen LogP contribution in [0.5, 0.6) is 0 Å². The first kappa shape index (κ1) is 32.2. The van der Waals surface area contributed by atoms with Crippen LogP contribution in [-0.2, 0) is 35.0 Å². The quantitative estimate of drug-likeness (QED) is 0.336. The van der Waals surface area contributed by atoms with Gasteiger partial charge >= 0.3 is 55.0 Å². The maximum absolute atomic E-state index is 7.50. The van der Waals surface area contributed by atoms with E-state index in [1.54, 1.807) is 0 Å². The van der Waals surface area contributed by atoms with Crippen LogP contribution in [0.25, 0.3) is 0 Å². The Kier molecular flexibility index (Phi) is 48.4. The molecule has 1 aromatic carbocycles. The molecule has 0 N–H and O–H groups in total. The number of hydrogen-bond donors (Lipinski definition) is 0. The standard InChI is InChI=1S/C8H20N.C5H5.3CO.Mo/c1-5-9(6-2,7-3)8-4;1-2-4-5-3-1;3*1-2;/h5-8H2,1-4H3;1-5H;;;;/q+1;-1;;;;+4. The largest absolute Gasteiger partial charge is 4.00 e. The summed E-state index contributed by atoms with van der Waals surface area (Å²) in [5.74, 6) is 0. The third kappa shape index (κ3) is 21.7. The fourth-order valence-electron chi connectivity index (χ4n) is 1.66. The molecule has 0 unspecified atom stereocenters. The van der Waals surface area contributed by atoms with E-state index in [0.717, 1.165) is 0 Å². The normalized spacial score (nSPS) is 7.33. The molecule has 0 aliphatic heterocycles. The van der Waals surface area contributed by atoms with E-state index < -0.39 is 0 Å². The number of quaternary nitrogens is 1. The Hall–Kier alpha value is -0.782. The van der Waals surface area contributed by atoms with Gasteiger partial charge in [-0.15, -0.1) is 0 Å². The number of rotatable bonds is 4. The molecule has 1 rings (SSSR count). The van der Waals surface area contributed by atoms with Crippen LogP contribution in [-0.4, -0.2) is 30.7 Å². The Labute approximate surface area is 143 Å². The molecule has 0 saturated carbocycles. The summed E-state index contributed by atoms with van der Waals surface area (Å²) in [6, 6.07) is 10.0. The molecule has 0 saturated heterocycles. The van der Waals surface area contributed by atoms with Crippen LogP contribution in [0.2, 0.25) is 0 Å². The average molecular weight is 375 g/mol. The van der Waals surface area contributed by atoms with E-state index in [1.807, 2.05) is 30.3 Å². The maximum atomic E-state index is 7.50. The summed E-state index contributed by atoms with van der Waals surface area (Å²) < 4.78 is 23.8. The van der Waals surface area contributed by atoms with Crippen molar-refractivity contribution in [3.05, 3.63) is 50.3 Å². The van der Waals surface area contributed by atoms with Gasteiger partial charge in [0.15, 0.2) is 0 Å². The van der Waals surface area contributed by atoms with Crippen LogP contribution in [0.3, 0.4) is 0 Å². The summed E-state index contributed by atoms with van der Waals surface area (Å²) in [6.45, 7) is 27.7. The van der Waals surface area contributed by atoms with Crippen molar-refractivity contribution >= 4 is 0 Å². The van der Waals surface area contributed by atoms with Crippen molar-refractivity contribution in [1.82, 2.24) is 0 Å². The fourth-order valence-corrected chi connectivity index (χ4v) is 1.66. The SMILES string of the molecule is CC[N+](CC)(CC)CC.[C-]#[O+].[C-]#[O+].[C-]#[O+].[Mo+4].c1cc[cH-]c1. The summed E-state index contributed by atoms with van der Waals surface area (Å²) in [7, 11) is 0. The van der Waals surface area contributed by atoms with Crippen molar-refractivity contribution in [3.63, 3.8) is 0 Å². The minimum absolute atomic E-state index is 0. The molecule has 5 heteroatoms. The van der Waals surface area contributed by atoms with Crippen LogP contribution in [0.15, 0.2) is 30.3 Å². The third-order valence-corrected chi connectivity index (χ3v) is 3.24. The first-order valence-corrected chi connectivity index (χ1v) is 6.37. The molecule has 0 amide bonds. The van der Waals surface area contributed by atoms with Gasteiger partial charge in [-0.1, -0.05) is 0 Å². The van der Waals surface area contributed by atoms with Gasteiger partial charge in [-0.3, -0.25) is 0 Å². The number of nitrogens with zero attached hydrogens (tertiary/aromatic N) is 1. The zero-order chi connectivity index (χ0) is 16.9. The van der Waals surface area contributed by atoms with Crippen molar-refractivity contribution in [2.45, 2.75) is 27.7 Å². The zero-order valence-corrected chi connectivity index (χ0v) is 15.3. The van der Waals surface area contributed by atoms with Gasteiger partial charge in [0.1, 0.15) is 0 Å². The minimum Gasteiger partial charge on any atom is -0.214 e. The van der Waals surface area contributed by atoms with E-state index >= 15 is 0 Å². The zero-order valence-electron chi connectivity index (χ0n) is 13.3. The molecular formula is C16H25MoNO3+4. The molecule has 4 nitrogen and oxygen atoms in total. The summed E-state index contributed by atoms with van der Waals surface area (Å²) in [5, 5.41) is 0. The van der Waals surface area contributed by atoms with Gasteiger partial charge in [0.05, 0.1) is 26.2 Å². The van der Waals surface area contributed by atoms with Crippen LogP contribution in [0.4, 0.5) is 0 Å². The molecule has 0 aromatic heterocycles. The van der Waals surface area contributed by atoms with Gasteiger partial charge in [-0.05, 0) is 27.7 Å².